The van der Waals surface area contributed by atoms with Crippen molar-refractivity contribution in [1.29, 1.82) is 0 Å². The minimum absolute atomic E-state index is 0. The van der Waals surface area contributed by atoms with Crippen LogP contribution in [-0.4, -0.2) is 126 Å². The van der Waals surface area contributed by atoms with Crippen LogP contribution in [0.4, 0.5) is 0 Å². The molecule has 0 saturated heterocycles. The predicted molar refractivity (Wildman–Crippen MR) is 202 cm³/mol. The Morgan fingerprint density at radius 2 is 0.520 bits per heavy atom. The molecule has 0 aromatic rings. The van der Waals surface area contributed by atoms with Crippen LogP contribution in [0.15, 0.2) is 0 Å². The van der Waals surface area contributed by atoms with Crippen LogP contribution in [0.5, 0.6) is 0 Å². The van der Waals surface area contributed by atoms with Gasteiger partial charge in [0.1, 0.15) is 0 Å². The van der Waals surface area contributed by atoms with E-state index in [9.17, 15) is 0 Å². The van der Waals surface area contributed by atoms with Gasteiger partial charge in [0.2, 0.25) is 0 Å². The molecule has 0 spiro atoms. The van der Waals surface area contributed by atoms with Gasteiger partial charge >= 0.3 is 113 Å². The van der Waals surface area contributed by atoms with E-state index in [2.05, 4.69) is 27.7 Å². The Bertz CT molecular complexity index is 629. The van der Waals surface area contributed by atoms with E-state index in [1.165, 1.54) is 180 Å². The fourth-order valence-electron chi connectivity index (χ4n) is 5.88. The van der Waals surface area contributed by atoms with Crippen LogP contribution >= 0.6 is 15.6 Å². The predicted octanol–water partition coefficient (Wildman–Crippen LogP) is 6.45. The van der Waals surface area contributed by atoms with Crippen molar-refractivity contribution in [2.75, 3.05) is 13.2 Å². The fraction of sp³-hybridized carbons (Fsp3) is 1.00. The molecule has 2 unspecified atom stereocenters. The Balaban J connectivity index is -0.000000324. The van der Waals surface area contributed by atoms with E-state index < -0.39 is 15.6 Å². The van der Waals surface area contributed by atoms with E-state index in [1.807, 2.05) is 0 Å². The molecular weight excluding hydrogens is 759 g/mol. The Labute approximate surface area is 399 Å². The van der Waals surface area contributed by atoms with Crippen LogP contribution in [0, 0.1) is 11.8 Å². The minimum atomic E-state index is -5.39. The number of ether oxygens (including phenoxy) is 1. The second-order valence-electron chi connectivity index (χ2n) is 13.4. The first-order valence-electron chi connectivity index (χ1n) is 19.3. The first-order chi connectivity index (χ1) is 22.3. The zero-order valence-electron chi connectivity index (χ0n) is 33.1. The molecule has 0 bridgehead atoms. The topological polar surface area (TPSA) is 182 Å². The van der Waals surface area contributed by atoms with Gasteiger partial charge in [-0.25, -0.2) is 0 Å². The number of phosphoric acid groups is 2. The zero-order valence-corrected chi connectivity index (χ0v) is 41.5. The largest absolute Gasteiger partial charge is 2.00 e. The van der Waals surface area contributed by atoms with Gasteiger partial charge in [0, 0.05) is 13.2 Å². The monoisotopic (exact) mass is 832 g/mol. The van der Waals surface area contributed by atoms with Crippen LogP contribution < -0.4 is 29.4 Å². The molecule has 0 aliphatic rings. The van der Waals surface area contributed by atoms with Gasteiger partial charge in [-0.3, -0.25) is 0 Å². The molecule has 0 aliphatic heterocycles. The number of hydrogen-bond acceptors (Lipinski definition) is 9. The SMILES string of the molecule is CCCCCCCCCCC(CCCCCC)COCC(CCCCCC)CCCCCCCCCC.O=P([O-])([O-])[O-].O=P([O-])([O-])[O-].[Ca+2].[Ca+2].[Ca+2]. The Hall–Kier alpha value is 3.96. The van der Waals surface area contributed by atoms with Crippen molar-refractivity contribution in [2.24, 2.45) is 11.8 Å². The fourth-order valence-corrected chi connectivity index (χ4v) is 5.88. The zero-order chi connectivity index (χ0) is 36.1. The molecule has 0 aromatic carbocycles. The van der Waals surface area contributed by atoms with E-state index in [4.69, 9.17) is 43.2 Å². The van der Waals surface area contributed by atoms with Crippen molar-refractivity contribution in [3.05, 3.63) is 0 Å². The van der Waals surface area contributed by atoms with Crippen LogP contribution in [0.2, 0.25) is 0 Å². The summed E-state index contributed by atoms with van der Waals surface area (Å²) in [5.74, 6) is 1.61. The molecular formula is C36H74Ca3O9P2. The Morgan fingerprint density at radius 1 is 0.360 bits per heavy atom. The molecule has 0 saturated carbocycles. The van der Waals surface area contributed by atoms with Crippen LogP contribution in [0.3, 0.4) is 0 Å². The summed E-state index contributed by atoms with van der Waals surface area (Å²) in [5, 5.41) is 0. The first-order valence-corrected chi connectivity index (χ1v) is 22.2. The van der Waals surface area contributed by atoms with Gasteiger partial charge in [-0.15, -0.1) is 0 Å². The quantitative estimate of drug-likeness (QED) is 0.0418. The van der Waals surface area contributed by atoms with Crippen molar-refractivity contribution in [3.8, 4) is 0 Å². The molecule has 2 atom stereocenters. The van der Waals surface area contributed by atoms with Crippen LogP contribution in [0.1, 0.15) is 207 Å². The Morgan fingerprint density at radius 3 is 0.720 bits per heavy atom. The van der Waals surface area contributed by atoms with Crippen LogP contribution in [-0.2, 0) is 13.9 Å². The van der Waals surface area contributed by atoms with Crippen molar-refractivity contribution in [2.45, 2.75) is 207 Å². The minimum Gasteiger partial charge on any atom is -0.822 e. The summed E-state index contributed by atoms with van der Waals surface area (Å²) >= 11 is 0. The molecule has 0 aromatic heterocycles. The summed E-state index contributed by atoms with van der Waals surface area (Å²) in [6, 6.07) is 0. The van der Waals surface area contributed by atoms with E-state index in [0.29, 0.717) is 0 Å². The summed E-state index contributed by atoms with van der Waals surface area (Å²) in [5.41, 5.74) is 0. The molecule has 0 radical (unpaired) electrons. The first kappa shape index (κ1) is 65.8. The van der Waals surface area contributed by atoms with Crippen molar-refractivity contribution < 1.29 is 43.2 Å². The normalized spacial score (nSPS) is 12.2. The smallest absolute Gasteiger partial charge is 0.822 e. The maximum atomic E-state index is 8.55. The number of unbranched alkanes of at least 4 members (excludes halogenated alkanes) is 20. The summed E-state index contributed by atoms with van der Waals surface area (Å²) in [7, 11) is -10.8. The molecule has 9 nitrogen and oxygen atoms in total. The van der Waals surface area contributed by atoms with E-state index in [1.54, 1.807) is 0 Å². The van der Waals surface area contributed by atoms with Gasteiger partial charge in [0.25, 0.3) is 0 Å². The van der Waals surface area contributed by atoms with E-state index in [0.717, 1.165) is 25.0 Å². The standard InChI is InChI=1S/C36H74O.3Ca.2H3O4P/c1-5-9-13-17-19-21-23-27-31-35(29-25-15-11-7-3)33-37-34-36(30-26-16-12-8-4)32-28-24-22-20-18-14-10-6-2;;;;2*1-5(2,3)4/h35-36H,5-34H2,1-4H3;;;;2*(H3,1,2,3,4)/q;3*+2;;/p-6. The number of rotatable bonds is 32. The molecule has 0 rings (SSSR count). The molecule has 0 amide bonds. The second kappa shape index (κ2) is 51.0. The molecule has 288 valence electrons. The maximum Gasteiger partial charge on any atom is 2.00 e. The average molecular weight is 833 g/mol. The van der Waals surface area contributed by atoms with Crippen molar-refractivity contribution >= 4 is 129 Å². The van der Waals surface area contributed by atoms with Crippen molar-refractivity contribution in [3.63, 3.8) is 0 Å². The molecule has 14 heteroatoms. The van der Waals surface area contributed by atoms with Gasteiger partial charge in [0.05, 0.1) is 0 Å². The van der Waals surface area contributed by atoms with E-state index >= 15 is 0 Å². The maximum absolute atomic E-state index is 8.55. The molecule has 0 fully saturated rings. The summed E-state index contributed by atoms with van der Waals surface area (Å²) in [4.78, 5) is 51.3. The third-order valence-electron chi connectivity index (χ3n) is 8.57. The third kappa shape index (κ3) is 76.6. The summed E-state index contributed by atoms with van der Waals surface area (Å²) < 4.78 is 23.6. The van der Waals surface area contributed by atoms with Crippen LogP contribution in [0.25, 0.3) is 0 Å². The molecule has 0 heterocycles. The van der Waals surface area contributed by atoms with Gasteiger partial charge in [-0.2, -0.15) is 15.6 Å². The Kier molecular flexibility index (Phi) is 67.1. The second-order valence-corrected chi connectivity index (χ2v) is 15.2. The van der Waals surface area contributed by atoms with E-state index in [-0.39, 0.29) is 113 Å². The molecule has 0 aliphatic carbocycles. The van der Waals surface area contributed by atoms with Crippen molar-refractivity contribution in [1.82, 2.24) is 0 Å². The summed E-state index contributed by atoms with van der Waals surface area (Å²) in [6.45, 7) is 11.3. The number of hydrogen-bond donors (Lipinski definition) is 0. The van der Waals surface area contributed by atoms with Gasteiger partial charge in [-0.1, -0.05) is 182 Å². The third-order valence-corrected chi connectivity index (χ3v) is 8.57. The summed E-state index contributed by atoms with van der Waals surface area (Å²) in [6.07, 6.45) is 39.7. The van der Waals surface area contributed by atoms with Gasteiger partial charge < -0.3 is 43.2 Å². The molecule has 50 heavy (non-hydrogen) atoms. The average Bonchev–Trinajstić information content (AvgIpc) is 2.97. The van der Waals surface area contributed by atoms with Gasteiger partial charge in [0.15, 0.2) is 0 Å². The van der Waals surface area contributed by atoms with Gasteiger partial charge in [-0.05, 0) is 37.5 Å². The molecule has 0 N–H and O–H groups in total.